The Morgan fingerprint density at radius 3 is 1.84 bits per heavy atom. The minimum atomic E-state index is -1.14. The number of esters is 1. The van der Waals surface area contributed by atoms with Crippen molar-refractivity contribution in [3.63, 3.8) is 0 Å². The fourth-order valence-corrected chi connectivity index (χ4v) is 2.78. The molecule has 3 aromatic rings. The molecule has 0 amide bonds. The molecule has 0 saturated heterocycles. The Balaban J connectivity index is 2.31. The van der Waals surface area contributed by atoms with Crippen LogP contribution < -0.4 is 0 Å². The summed E-state index contributed by atoms with van der Waals surface area (Å²) in [4.78, 5) is 17.0. The molecule has 3 nitrogen and oxygen atoms in total. The highest BCUT2D eigenvalue weighted by atomic mass is 16.6. The van der Waals surface area contributed by atoms with Crippen LogP contribution in [0.25, 0.3) is 0 Å². The minimum absolute atomic E-state index is 0.340. The monoisotopic (exact) mass is 329 g/mol. The van der Waals surface area contributed by atoms with E-state index in [1.165, 1.54) is 0 Å². The molecule has 0 N–H and O–H groups in total. The maximum Gasteiger partial charge on any atom is 0.334 e. The van der Waals surface area contributed by atoms with Crippen LogP contribution in [0.3, 0.4) is 0 Å². The third kappa shape index (κ3) is 3.22. The van der Waals surface area contributed by atoms with Gasteiger partial charge in [0.2, 0.25) is 5.60 Å². The van der Waals surface area contributed by atoms with E-state index in [1.54, 1.807) is 13.1 Å². The van der Waals surface area contributed by atoms with Gasteiger partial charge in [-0.25, -0.2) is 4.79 Å². The molecule has 3 heteroatoms. The maximum absolute atomic E-state index is 12.5. The third-order valence-corrected chi connectivity index (χ3v) is 3.98. The first-order chi connectivity index (χ1) is 12.1. The van der Waals surface area contributed by atoms with Gasteiger partial charge in [-0.1, -0.05) is 73.3 Å². The molecule has 1 aromatic heterocycles. The lowest BCUT2D eigenvalue weighted by atomic mass is 9.82. The molecule has 0 aliphatic carbocycles. The number of aromatic nitrogens is 1. The molecular formula is C22H19NO2. The number of rotatable bonds is 5. The van der Waals surface area contributed by atoms with Crippen LogP contribution in [0.2, 0.25) is 0 Å². The average molecular weight is 329 g/mol. The second-order valence-corrected chi connectivity index (χ2v) is 5.80. The highest BCUT2D eigenvalue weighted by Crippen LogP contribution is 2.39. The Bertz CT molecular complexity index is 762. The molecular weight excluding hydrogens is 310 g/mol. The second-order valence-electron chi connectivity index (χ2n) is 5.80. The number of nitrogens with zero attached hydrogens (tertiary/aromatic N) is 1. The lowest BCUT2D eigenvalue weighted by Crippen LogP contribution is -2.36. The Hall–Kier alpha value is -3.20. The lowest BCUT2D eigenvalue weighted by molar-refractivity contribution is -0.148. The molecule has 25 heavy (non-hydrogen) atoms. The Morgan fingerprint density at radius 1 is 0.880 bits per heavy atom. The molecule has 0 saturated carbocycles. The fraction of sp³-hybridized carbons (Fsp3) is 0.0909. The highest BCUT2D eigenvalue weighted by Gasteiger charge is 2.41. The predicted molar refractivity (Wildman–Crippen MR) is 97.9 cm³/mol. The van der Waals surface area contributed by atoms with E-state index in [0.29, 0.717) is 11.3 Å². The van der Waals surface area contributed by atoms with Gasteiger partial charge in [0.05, 0.1) is 5.69 Å². The number of ether oxygens (including phenoxy) is 1. The number of hydrogen-bond donors (Lipinski definition) is 0. The summed E-state index contributed by atoms with van der Waals surface area (Å²) in [6, 6.07) is 24.9. The summed E-state index contributed by atoms with van der Waals surface area (Å²) in [5, 5.41) is 0. The molecule has 0 spiro atoms. The number of carbonyl (C=O) groups is 1. The summed E-state index contributed by atoms with van der Waals surface area (Å²) >= 11 is 0. The highest BCUT2D eigenvalue weighted by molar-refractivity contribution is 5.88. The summed E-state index contributed by atoms with van der Waals surface area (Å²) in [7, 11) is 0. The predicted octanol–water partition coefficient (Wildman–Crippen LogP) is 4.49. The quantitative estimate of drug-likeness (QED) is 0.511. The van der Waals surface area contributed by atoms with Crippen molar-refractivity contribution >= 4 is 5.97 Å². The van der Waals surface area contributed by atoms with Crippen molar-refractivity contribution in [2.75, 3.05) is 0 Å². The van der Waals surface area contributed by atoms with E-state index < -0.39 is 11.6 Å². The van der Waals surface area contributed by atoms with E-state index >= 15 is 0 Å². The second kappa shape index (κ2) is 7.14. The van der Waals surface area contributed by atoms with Crippen molar-refractivity contribution in [3.8, 4) is 0 Å². The van der Waals surface area contributed by atoms with Gasteiger partial charge in [-0.15, -0.1) is 0 Å². The standard InChI is InChI=1S/C22H19NO2/c1-17(2)21(24)25-22(18-11-5-3-6-12-18,19-13-7-4-8-14-19)20-15-9-10-16-23-20/h3-16H,1H2,2H3. The average Bonchev–Trinajstić information content (AvgIpc) is 2.68. The molecule has 0 aliphatic rings. The van der Waals surface area contributed by atoms with Crippen LogP contribution in [0.15, 0.2) is 97.2 Å². The lowest BCUT2D eigenvalue weighted by Gasteiger charge is -2.34. The fourth-order valence-electron chi connectivity index (χ4n) is 2.78. The molecule has 0 fully saturated rings. The minimum Gasteiger partial charge on any atom is -0.439 e. The van der Waals surface area contributed by atoms with Gasteiger partial charge in [-0.3, -0.25) is 4.98 Å². The SMILES string of the molecule is C=C(C)C(=O)OC(c1ccccc1)(c1ccccc1)c1ccccn1. The number of benzene rings is 2. The van der Waals surface area contributed by atoms with Crippen LogP contribution in [0.5, 0.6) is 0 Å². The number of hydrogen-bond acceptors (Lipinski definition) is 3. The van der Waals surface area contributed by atoms with Crippen molar-refractivity contribution in [2.24, 2.45) is 0 Å². The van der Waals surface area contributed by atoms with Gasteiger partial charge in [-0.05, 0) is 19.1 Å². The van der Waals surface area contributed by atoms with E-state index in [9.17, 15) is 4.79 Å². The normalized spacial score (nSPS) is 10.9. The topological polar surface area (TPSA) is 39.2 Å². The van der Waals surface area contributed by atoms with Gasteiger partial charge in [-0.2, -0.15) is 0 Å². The Kier molecular flexibility index (Phi) is 4.75. The molecule has 0 aliphatic heterocycles. The summed E-state index contributed by atoms with van der Waals surface area (Å²) in [6.07, 6.45) is 1.70. The first-order valence-electron chi connectivity index (χ1n) is 8.06. The van der Waals surface area contributed by atoms with Crippen molar-refractivity contribution in [1.82, 2.24) is 4.98 Å². The first kappa shape index (κ1) is 16.7. The molecule has 1 heterocycles. The molecule has 3 rings (SSSR count). The van der Waals surface area contributed by atoms with E-state index in [1.807, 2.05) is 78.9 Å². The van der Waals surface area contributed by atoms with Gasteiger partial charge >= 0.3 is 5.97 Å². The number of carbonyl (C=O) groups excluding carboxylic acids is 1. The largest absolute Gasteiger partial charge is 0.439 e. The summed E-state index contributed by atoms with van der Waals surface area (Å²) < 4.78 is 6.06. The van der Waals surface area contributed by atoms with Gasteiger partial charge < -0.3 is 4.74 Å². The third-order valence-electron chi connectivity index (χ3n) is 3.98. The summed E-state index contributed by atoms with van der Waals surface area (Å²) in [5.41, 5.74) is 1.50. The molecule has 2 aromatic carbocycles. The zero-order chi connectivity index (χ0) is 17.7. The summed E-state index contributed by atoms with van der Waals surface area (Å²) in [5.74, 6) is -0.460. The van der Waals surface area contributed by atoms with Crippen LogP contribution in [0.1, 0.15) is 23.7 Å². The number of pyridine rings is 1. The zero-order valence-corrected chi connectivity index (χ0v) is 14.1. The van der Waals surface area contributed by atoms with Crippen LogP contribution in [-0.4, -0.2) is 11.0 Å². The molecule has 0 atom stereocenters. The maximum atomic E-state index is 12.5. The van der Waals surface area contributed by atoms with Crippen molar-refractivity contribution in [1.29, 1.82) is 0 Å². The van der Waals surface area contributed by atoms with E-state index in [-0.39, 0.29) is 0 Å². The smallest absolute Gasteiger partial charge is 0.334 e. The van der Waals surface area contributed by atoms with E-state index in [4.69, 9.17) is 4.74 Å². The van der Waals surface area contributed by atoms with Crippen molar-refractivity contribution in [2.45, 2.75) is 12.5 Å². The molecule has 0 bridgehead atoms. The molecule has 0 radical (unpaired) electrons. The Labute approximate surface area is 147 Å². The van der Waals surface area contributed by atoms with Crippen LogP contribution in [0.4, 0.5) is 0 Å². The van der Waals surface area contributed by atoms with Crippen LogP contribution in [-0.2, 0) is 15.1 Å². The first-order valence-corrected chi connectivity index (χ1v) is 8.06. The van der Waals surface area contributed by atoms with E-state index in [2.05, 4.69) is 11.6 Å². The van der Waals surface area contributed by atoms with Crippen LogP contribution >= 0.6 is 0 Å². The molecule has 0 unspecified atom stereocenters. The van der Waals surface area contributed by atoms with Crippen LogP contribution in [0, 0.1) is 0 Å². The van der Waals surface area contributed by atoms with Gasteiger partial charge in [0.1, 0.15) is 0 Å². The molecule has 124 valence electrons. The van der Waals surface area contributed by atoms with Gasteiger partial charge in [0.15, 0.2) is 0 Å². The summed E-state index contributed by atoms with van der Waals surface area (Å²) in [6.45, 7) is 5.37. The van der Waals surface area contributed by atoms with Crippen molar-refractivity contribution < 1.29 is 9.53 Å². The van der Waals surface area contributed by atoms with Crippen molar-refractivity contribution in [3.05, 3.63) is 114 Å². The van der Waals surface area contributed by atoms with E-state index in [0.717, 1.165) is 11.1 Å². The van der Waals surface area contributed by atoms with Gasteiger partial charge in [0.25, 0.3) is 0 Å². The Morgan fingerprint density at radius 2 is 1.40 bits per heavy atom. The zero-order valence-electron chi connectivity index (χ0n) is 14.1. The van der Waals surface area contributed by atoms with Gasteiger partial charge in [0, 0.05) is 22.9 Å².